The predicted octanol–water partition coefficient (Wildman–Crippen LogP) is 1.87. The molecule has 0 aromatic rings. The number of aliphatic hydroxyl groups is 1. The van der Waals surface area contributed by atoms with E-state index in [1.54, 1.807) is 6.92 Å². The molecule has 6 nitrogen and oxygen atoms in total. The Morgan fingerprint density at radius 3 is 2.43 bits per heavy atom. The van der Waals surface area contributed by atoms with Crippen LogP contribution in [0.4, 0.5) is 0 Å². The van der Waals surface area contributed by atoms with Crippen molar-refractivity contribution in [3.63, 3.8) is 0 Å². The second kappa shape index (κ2) is 7.93. The van der Waals surface area contributed by atoms with Crippen LogP contribution in [0.1, 0.15) is 58.8 Å². The van der Waals surface area contributed by atoms with E-state index in [4.69, 9.17) is 4.84 Å². The lowest BCUT2D eigenvalue weighted by atomic mass is 9.91. The van der Waals surface area contributed by atoms with Crippen LogP contribution in [0.2, 0.25) is 0 Å². The number of carbonyl (C=O) groups excluding carboxylic acids is 3. The number of nitrogens with zero attached hydrogens (tertiary/aromatic N) is 1. The van der Waals surface area contributed by atoms with Crippen LogP contribution < -0.4 is 0 Å². The Morgan fingerprint density at radius 2 is 1.90 bits per heavy atom. The summed E-state index contributed by atoms with van der Waals surface area (Å²) in [6, 6.07) is 0. The van der Waals surface area contributed by atoms with Gasteiger partial charge in [0.2, 0.25) is 0 Å². The summed E-state index contributed by atoms with van der Waals surface area (Å²) in [7, 11) is 0. The van der Waals surface area contributed by atoms with Crippen molar-refractivity contribution in [2.45, 2.75) is 64.4 Å². The normalized spacial score (nSPS) is 18.3. The van der Waals surface area contributed by atoms with Crippen LogP contribution in [0.3, 0.4) is 0 Å². The van der Waals surface area contributed by atoms with Gasteiger partial charge in [0.05, 0.1) is 12.0 Å². The molecule has 1 saturated heterocycles. The Morgan fingerprint density at radius 1 is 1.29 bits per heavy atom. The van der Waals surface area contributed by atoms with Crippen LogP contribution >= 0.6 is 0 Å². The quantitative estimate of drug-likeness (QED) is 0.546. The monoisotopic (exact) mass is 297 g/mol. The molecule has 1 aliphatic rings. The van der Waals surface area contributed by atoms with Gasteiger partial charge in [0, 0.05) is 12.8 Å². The maximum Gasteiger partial charge on any atom is 0.336 e. The molecule has 2 amide bonds. The first kappa shape index (κ1) is 17.4. The molecule has 1 atom stereocenters. The smallest absolute Gasteiger partial charge is 0.336 e. The van der Waals surface area contributed by atoms with Crippen LogP contribution in [-0.2, 0) is 19.2 Å². The third-order valence-corrected chi connectivity index (χ3v) is 3.51. The Bertz CT molecular complexity index is 416. The van der Waals surface area contributed by atoms with Crippen molar-refractivity contribution in [3.05, 3.63) is 12.2 Å². The summed E-state index contributed by atoms with van der Waals surface area (Å²) in [6.45, 7) is 3.80. The molecule has 0 bridgehead atoms. The standard InChI is InChI=1S/C15H23NO5/c1-3-5-6-7-10-15(20,4-2)11-14(19)21-16-12(17)8-9-13(16)18/h5-6,20H,3-4,7-11H2,1-2H3/b6-5+. The van der Waals surface area contributed by atoms with Crippen molar-refractivity contribution in [2.24, 2.45) is 0 Å². The molecule has 1 N–H and O–H groups in total. The second-order valence-electron chi connectivity index (χ2n) is 5.22. The third kappa shape index (κ3) is 5.30. The zero-order valence-electron chi connectivity index (χ0n) is 12.6. The second-order valence-corrected chi connectivity index (χ2v) is 5.22. The van der Waals surface area contributed by atoms with Gasteiger partial charge in [-0.1, -0.05) is 26.0 Å². The average molecular weight is 297 g/mol. The van der Waals surface area contributed by atoms with E-state index in [1.807, 2.05) is 19.1 Å². The summed E-state index contributed by atoms with van der Waals surface area (Å²) in [4.78, 5) is 39.3. The first-order valence-electron chi connectivity index (χ1n) is 7.36. The highest BCUT2D eigenvalue weighted by molar-refractivity contribution is 6.01. The van der Waals surface area contributed by atoms with E-state index < -0.39 is 23.4 Å². The Hall–Kier alpha value is -1.69. The molecule has 0 aliphatic carbocycles. The highest BCUT2D eigenvalue weighted by Crippen LogP contribution is 2.23. The van der Waals surface area contributed by atoms with Gasteiger partial charge in [-0.2, -0.15) is 0 Å². The van der Waals surface area contributed by atoms with Crippen LogP contribution in [0.15, 0.2) is 12.2 Å². The van der Waals surface area contributed by atoms with Crippen LogP contribution in [-0.4, -0.2) is 33.6 Å². The van der Waals surface area contributed by atoms with E-state index in [0.717, 1.165) is 6.42 Å². The summed E-state index contributed by atoms with van der Waals surface area (Å²) in [5.74, 6) is -1.79. The highest BCUT2D eigenvalue weighted by Gasteiger charge is 2.35. The van der Waals surface area contributed by atoms with Gasteiger partial charge >= 0.3 is 5.97 Å². The number of rotatable bonds is 8. The summed E-state index contributed by atoms with van der Waals surface area (Å²) < 4.78 is 0. The van der Waals surface area contributed by atoms with Crippen molar-refractivity contribution in [1.29, 1.82) is 0 Å². The molecule has 0 spiro atoms. The molecule has 0 saturated carbocycles. The first-order chi connectivity index (χ1) is 9.91. The molecule has 1 rings (SSSR count). The molecule has 0 aromatic heterocycles. The fourth-order valence-corrected chi connectivity index (χ4v) is 2.09. The molecule has 118 valence electrons. The van der Waals surface area contributed by atoms with Gasteiger partial charge in [-0.25, -0.2) is 4.79 Å². The molecule has 1 heterocycles. The van der Waals surface area contributed by atoms with Crippen LogP contribution in [0.25, 0.3) is 0 Å². The molecule has 21 heavy (non-hydrogen) atoms. The van der Waals surface area contributed by atoms with Crippen molar-refractivity contribution < 1.29 is 24.3 Å². The van der Waals surface area contributed by atoms with Crippen molar-refractivity contribution in [1.82, 2.24) is 5.06 Å². The summed E-state index contributed by atoms with van der Waals surface area (Å²) in [6.07, 6.45) is 6.24. The molecular weight excluding hydrogens is 274 g/mol. The first-order valence-corrected chi connectivity index (χ1v) is 7.36. The number of imide groups is 1. The molecular formula is C15H23NO5. The average Bonchev–Trinajstić information content (AvgIpc) is 2.75. The Balaban J connectivity index is 2.51. The van der Waals surface area contributed by atoms with Gasteiger partial charge in [-0.3, -0.25) is 9.59 Å². The minimum atomic E-state index is -1.18. The van der Waals surface area contributed by atoms with Gasteiger partial charge in [-0.05, 0) is 25.7 Å². The maximum atomic E-state index is 11.8. The molecule has 0 aromatic carbocycles. The SMILES string of the molecule is CC/C=C/CCC(O)(CC)CC(=O)ON1C(=O)CCC1=O. The molecule has 1 aliphatic heterocycles. The number of allylic oxidation sites excluding steroid dienone is 2. The minimum Gasteiger partial charge on any atom is -0.389 e. The van der Waals surface area contributed by atoms with Crippen LogP contribution in [0.5, 0.6) is 0 Å². The number of amides is 2. The predicted molar refractivity (Wildman–Crippen MR) is 75.7 cm³/mol. The molecule has 0 radical (unpaired) electrons. The lowest BCUT2D eigenvalue weighted by molar-refractivity contribution is -0.200. The highest BCUT2D eigenvalue weighted by atomic mass is 16.7. The van der Waals surface area contributed by atoms with Crippen LogP contribution in [0, 0.1) is 0 Å². The largest absolute Gasteiger partial charge is 0.389 e. The van der Waals surface area contributed by atoms with Gasteiger partial charge in [0.1, 0.15) is 0 Å². The van der Waals surface area contributed by atoms with E-state index >= 15 is 0 Å². The van der Waals surface area contributed by atoms with Crippen molar-refractivity contribution in [2.75, 3.05) is 0 Å². The number of carbonyl (C=O) groups is 3. The zero-order valence-corrected chi connectivity index (χ0v) is 12.6. The van der Waals surface area contributed by atoms with E-state index in [-0.39, 0.29) is 19.3 Å². The van der Waals surface area contributed by atoms with Crippen molar-refractivity contribution in [3.8, 4) is 0 Å². The van der Waals surface area contributed by atoms with E-state index in [0.29, 0.717) is 24.3 Å². The Kier molecular flexibility index (Phi) is 6.55. The summed E-state index contributed by atoms with van der Waals surface area (Å²) >= 11 is 0. The topological polar surface area (TPSA) is 83.9 Å². The number of hydroxylamine groups is 2. The lowest BCUT2D eigenvalue weighted by Crippen LogP contribution is -2.37. The number of hydrogen-bond acceptors (Lipinski definition) is 5. The fraction of sp³-hybridized carbons (Fsp3) is 0.667. The molecule has 1 fully saturated rings. The summed E-state index contributed by atoms with van der Waals surface area (Å²) in [5, 5.41) is 10.9. The minimum absolute atomic E-state index is 0.0615. The fourth-order valence-electron chi connectivity index (χ4n) is 2.09. The van der Waals surface area contributed by atoms with Gasteiger partial charge < -0.3 is 9.94 Å². The maximum absolute atomic E-state index is 11.8. The van der Waals surface area contributed by atoms with Gasteiger partial charge in [0.25, 0.3) is 11.8 Å². The van der Waals surface area contributed by atoms with Crippen molar-refractivity contribution >= 4 is 17.8 Å². The molecule has 1 unspecified atom stereocenters. The summed E-state index contributed by atoms with van der Waals surface area (Å²) in [5.41, 5.74) is -1.18. The number of hydrogen-bond donors (Lipinski definition) is 1. The zero-order chi connectivity index (χ0) is 15.9. The van der Waals surface area contributed by atoms with E-state index in [2.05, 4.69) is 0 Å². The van der Waals surface area contributed by atoms with Gasteiger partial charge in [-0.15, -0.1) is 5.06 Å². The Labute approximate surface area is 124 Å². The van der Waals surface area contributed by atoms with Gasteiger partial charge in [0.15, 0.2) is 0 Å². The lowest BCUT2D eigenvalue weighted by Gasteiger charge is -2.25. The third-order valence-electron chi connectivity index (χ3n) is 3.51. The van der Waals surface area contributed by atoms with E-state index in [9.17, 15) is 19.5 Å². The molecule has 6 heteroatoms. The van der Waals surface area contributed by atoms with E-state index in [1.165, 1.54) is 0 Å².